The van der Waals surface area contributed by atoms with Gasteiger partial charge in [0.1, 0.15) is 0 Å². The average molecular weight is 364 g/mol. The molecule has 2 aliphatic rings. The number of carbonyl (C=O) groups is 1. The lowest BCUT2D eigenvalue weighted by molar-refractivity contribution is -0.144. The Bertz CT molecular complexity index is 758. The summed E-state index contributed by atoms with van der Waals surface area (Å²) in [5.74, 6) is 0.837. The van der Waals surface area contributed by atoms with Crippen LogP contribution in [0, 0.1) is 11.3 Å². The molecule has 1 unspecified atom stereocenters. The van der Waals surface area contributed by atoms with Gasteiger partial charge in [-0.2, -0.15) is 0 Å². The van der Waals surface area contributed by atoms with Gasteiger partial charge in [-0.15, -0.1) is 0 Å². The summed E-state index contributed by atoms with van der Waals surface area (Å²) < 4.78 is 0. The quantitative estimate of drug-likeness (QED) is 0.857. The zero-order chi connectivity index (χ0) is 18.7. The number of anilines is 1. The highest BCUT2D eigenvalue weighted by atomic mass is 16.2. The molecule has 4 rings (SSSR count). The zero-order valence-corrected chi connectivity index (χ0v) is 16.1. The second-order valence-corrected chi connectivity index (χ2v) is 8.17. The Morgan fingerprint density at radius 2 is 1.78 bits per heavy atom. The molecule has 0 radical (unpaired) electrons. The molecule has 4 heteroatoms. The van der Waals surface area contributed by atoms with E-state index in [9.17, 15) is 4.79 Å². The molecule has 4 nitrogen and oxygen atoms in total. The van der Waals surface area contributed by atoms with Crippen LogP contribution in [0.5, 0.6) is 0 Å². The number of rotatable bonds is 6. The predicted molar refractivity (Wildman–Crippen MR) is 110 cm³/mol. The Labute approximate surface area is 162 Å². The van der Waals surface area contributed by atoms with Crippen molar-refractivity contribution in [1.29, 1.82) is 0 Å². The van der Waals surface area contributed by atoms with Gasteiger partial charge in [-0.25, -0.2) is 0 Å². The second kappa shape index (κ2) is 7.73. The molecule has 2 aromatic rings. The van der Waals surface area contributed by atoms with Crippen LogP contribution in [-0.2, 0) is 11.2 Å². The normalized spacial score (nSPS) is 20.9. The van der Waals surface area contributed by atoms with Crippen LogP contribution < -0.4 is 10.2 Å². The van der Waals surface area contributed by atoms with E-state index in [1.54, 1.807) is 0 Å². The maximum atomic E-state index is 13.3. The van der Waals surface area contributed by atoms with Crippen molar-refractivity contribution in [2.24, 2.45) is 11.3 Å². The number of hydrogen-bond donors (Lipinski definition) is 1. The fraction of sp³-hybridized carbons (Fsp3) is 0.435. The topological polar surface area (TPSA) is 35.6 Å². The molecule has 2 heterocycles. The van der Waals surface area contributed by atoms with Crippen molar-refractivity contribution in [2.45, 2.75) is 12.8 Å². The first kappa shape index (κ1) is 18.1. The molecule has 0 aromatic heterocycles. The van der Waals surface area contributed by atoms with E-state index in [0.717, 1.165) is 45.6 Å². The standard InChI is InChI=1S/C23H29N3O/c1-25(15-20-12-13-26(16-20)21-10-6-3-7-11-21)22(27)23(17-24-18-23)14-19-8-4-2-5-9-19/h2-11,20,24H,12-18H2,1H3. The van der Waals surface area contributed by atoms with Gasteiger partial charge in [0.15, 0.2) is 0 Å². The highest BCUT2D eigenvalue weighted by Crippen LogP contribution is 2.31. The Kier molecular flexibility index (Phi) is 5.17. The van der Waals surface area contributed by atoms with Gasteiger partial charge >= 0.3 is 0 Å². The molecule has 27 heavy (non-hydrogen) atoms. The minimum atomic E-state index is -0.270. The molecule has 0 spiro atoms. The van der Waals surface area contributed by atoms with Crippen LogP contribution in [0.4, 0.5) is 5.69 Å². The number of para-hydroxylation sites is 1. The minimum absolute atomic E-state index is 0.270. The fourth-order valence-corrected chi connectivity index (χ4v) is 4.50. The molecule has 1 amide bonds. The van der Waals surface area contributed by atoms with E-state index in [1.807, 2.05) is 18.0 Å². The second-order valence-electron chi connectivity index (χ2n) is 8.17. The molecule has 2 fully saturated rings. The summed E-state index contributed by atoms with van der Waals surface area (Å²) >= 11 is 0. The van der Waals surface area contributed by atoms with E-state index in [4.69, 9.17) is 0 Å². The first-order chi connectivity index (χ1) is 13.2. The molecule has 2 aliphatic heterocycles. The lowest BCUT2D eigenvalue weighted by Gasteiger charge is -2.44. The van der Waals surface area contributed by atoms with Crippen LogP contribution >= 0.6 is 0 Å². The molecule has 2 saturated heterocycles. The predicted octanol–water partition coefficient (Wildman–Crippen LogP) is 2.80. The van der Waals surface area contributed by atoms with E-state index in [-0.39, 0.29) is 5.41 Å². The largest absolute Gasteiger partial charge is 0.371 e. The summed E-state index contributed by atoms with van der Waals surface area (Å²) in [6.45, 7) is 4.52. The number of carbonyl (C=O) groups excluding carboxylic acids is 1. The van der Waals surface area contributed by atoms with Crippen LogP contribution in [0.15, 0.2) is 60.7 Å². The molecular weight excluding hydrogens is 334 g/mol. The molecule has 0 bridgehead atoms. The van der Waals surface area contributed by atoms with Crippen LogP contribution in [0.25, 0.3) is 0 Å². The van der Waals surface area contributed by atoms with Gasteiger partial charge < -0.3 is 15.1 Å². The Morgan fingerprint density at radius 3 is 2.41 bits per heavy atom. The van der Waals surface area contributed by atoms with Gasteiger partial charge in [-0.1, -0.05) is 48.5 Å². The first-order valence-electron chi connectivity index (χ1n) is 9.96. The summed E-state index contributed by atoms with van der Waals surface area (Å²) in [4.78, 5) is 17.7. The molecule has 0 aliphatic carbocycles. The Hall–Kier alpha value is -2.33. The van der Waals surface area contributed by atoms with E-state index >= 15 is 0 Å². The van der Waals surface area contributed by atoms with E-state index < -0.39 is 0 Å². The molecule has 1 atom stereocenters. The summed E-state index contributed by atoms with van der Waals surface area (Å²) in [6.07, 6.45) is 1.97. The summed E-state index contributed by atoms with van der Waals surface area (Å²) in [6, 6.07) is 21.0. The average Bonchev–Trinajstić information content (AvgIpc) is 3.14. The number of hydrogen-bond acceptors (Lipinski definition) is 3. The third-order valence-electron chi connectivity index (χ3n) is 6.05. The third kappa shape index (κ3) is 3.86. The Balaban J connectivity index is 1.36. The van der Waals surface area contributed by atoms with Crippen LogP contribution in [0.1, 0.15) is 12.0 Å². The molecular formula is C23H29N3O. The van der Waals surface area contributed by atoms with Gasteiger partial charge in [0.05, 0.1) is 5.41 Å². The molecule has 2 aromatic carbocycles. The number of nitrogens with zero attached hydrogens (tertiary/aromatic N) is 2. The molecule has 0 saturated carbocycles. The van der Waals surface area contributed by atoms with Crippen LogP contribution in [0.2, 0.25) is 0 Å². The smallest absolute Gasteiger partial charge is 0.231 e. The highest BCUT2D eigenvalue weighted by molar-refractivity contribution is 5.84. The number of benzene rings is 2. The number of nitrogens with one attached hydrogen (secondary N) is 1. The van der Waals surface area contributed by atoms with Gasteiger partial charge in [-0.3, -0.25) is 4.79 Å². The SMILES string of the molecule is CN(CC1CCN(c2ccccc2)C1)C(=O)C1(Cc2ccccc2)CNC1. The number of amides is 1. The van der Waals surface area contributed by atoms with E-state index in [2.05, 4.69) is 64.8 Å². The van der Waals surface area contributed by atoms with Crippen molar-refractivity contribution in [3.8, 4) is 0 Å². The van der Waals surface area contributed by atoms with E-state index in [0.29, 0.717) is 11.8 Å². The maximum Gasteiger partial charge on any atom is 0.231 e. The summed E-state index contributed by atoms with van der Waals surface area (Å²) in [5.41, 5.74) is 2.27. The molecule has 142 valence electrons. The lowest BCUT2D eigenvalue weighted by atomic mass is 9.75. The lowest BCUT2D eigenvalue weighted by Crippen LogP contribution is -2.63. The van der Waals surface area contributed by atoms with Crippen molar-refractivity contribution < 1.29 is 4.79 Å². The van der Waals surface area contributed by atoms with Crippen molar-refractivity contribution in [3.05, 3.63) is 66.2 Å². The van der Waals surface area contributed by atoms with Crippen LogP contribution in [-0.4, -0.2) is 50.6 Å². The van der Waals surface area contributed by atoms with Gasteiger partial charge in [0.25, 0.3) is 0 Å². The Morgan fingerprint density at radius 1 is 1.11 bits per heavy atom. The van der Waals surface area contributed by atoms with Crippen LogP contribution in [0.3, 0.4) is 0 Å². The fourth-order valence-electron chi connectivity index (χ4n) is 4.50. The third-order valence-corrected chi connectivity index (χ3v) is 6.05. The first-order valence-corrected chi connectivity index (χ1v) is 9.96. The van der Waals surface area contributed by atoms with Gasteiger partial charge in [0, 0.05) is 45.5 Å². The molecule has 1 N–H and O–H groups in total. The van der Waals surface area contributed by atoms with Gasteiger partial charge in [0.2, 0.25) is 5.91 Å². The van der Waals surface area contributed by atoms with Gasteiger partial charge in [-0.05, 0) is 36.5 Å². The highest BCUT2D eigenvalue weighted by Gasteiger charge is 2.46. The van der Waals surface area contributed by atoms with Crippen molar-refractivity contribution in [3.63, 3.8) is 0 Å². The maximum absolute atomic E-state index is 13.3. The van der Waals surface area contributed by atoms with Crippen molar-refractivity contribution in [1.82, 2.24) is 10.2 Å². The van der Waals surface area contributed by atoms with Crippen molar-refractivity contribution >= 4 is 11.6 Å². The van der Waals surface area contributed by atoms with Crippen molar-refractivity contribution in [2.75, 3.05) is 44.7 Å². The monoisotopic (exact) mass is 363 g/mol. The summed E-state index contributed by atoms with van der Waals surface area (Å²) in [5, 5.41) is 3.32. The minimum Gasteiger partial charge on any atom is -0.371 e. The summed E-state index contributed by atoms with van der Waals surface area (Å²) in [7, 11) is 1.98. The zero-order valence-electron chi connectivity index (χ0n) is 16.1. The van der Waals surface area contributed by atoms with E-state index in [1.165, 1.54) is 11.3 Å².